The van der Waals surface area contributed by atoms with Crippen molar-refractivity contribution in [3.05, 3.63) is 81.9 Å². The van der Waals surface area contributed by atoms with Gasteiger partial charge in [-0.25, -0.2) is 10.1 Å². The molecule has 0 saturated carbocycles. The summed E-state index contributed by atoms with van der Waals surface area (Å²) in [6.45, 7) is 1.24. The minimum atomic E-state index is -0.862. The first-order valence-electron chi connectivity index (χ1n) is 11.4. The Morgan fingerprint density at radius 2 is 1.56 bits per heavy atom. The number of amides is 2. The van der Waals surface area contributed by atoms with Crippen LogP contribution < -0.4 is 0 Å². The first-order valence-corrected chi connectivity index (χ1v) is 11.4. The average molecular weight is 467 g/mol. The van der Waals surface area contributed by atoms with Gasteiger partial charge < -0.3 is 4.74 Å². The molecule has 9 heteroatoms. The van der Waals surface area contributed by atoms with Gasteiger partial charge in [-0.05, 0) is 30.4 Å². The van der Waals surface area contributed by atoms with Crippen LogP contribution in [-0.2, 0) is 27.2 Å². The van der Waals surface area contributed by atoms with Gasteiger partial charge in [0.15, 0.2) is 5.03 Å². The van der Waals surface area contributed by atoms with Crippen molar-refractivity contribution in [2.24, 2.45) is 11.0 Å². The van der Waals surface area contributed by atoms with Gasteiger partial charge in [0.25, 0.3) is 5.96 Å². The number of hydrogen-bond donors (Lipinski definition) is 0. The second-order valence-electron chi connectivity index (χ2n) is 8.30. The number of carbonyl (C=O) groups excluding carboxylic acids is 2. The standard InChI is InChI=1S/C25H30N4O5/c1-27(23(30)14-12-20-8-4-2-5-9-20)25(26-29(32)33)28(18-22-16-17-34-19-22)24(31)15-13-21-10-6-3-7-11-21/h2-11,22H,12-19H2,1H3. The third-order valence-electron chi connectivity index (χ3n) is 5.79. The van der Waals surface area contributed by atoms with Crippen LogP contribution in [0.5, 0.6) is 0 Å². The van der Waals surface area contributed by atoms with E-state index in [0.717, 1.165) is 22.4 Å². The Morgan fingerprint density at radius 3 is 2.06 bits per heavy atom. The highest BCUT2D eigenvalue weighted by molar-refractivity contribution is 6.04. The summed E-state index contributed by atoms with van der Waals surface area (Å²) in [6, 6.07) is 19.0. The number of nitro groups is 1. The first kappa shape index (κ1) is 25.0. The highest BCUT2D eigenvalue weighted by Crippen LogP contribution is 2.17. The topological polar surface area (TPSA) is 105 Å². The molecule has 0 bridgehead atoms. The van der Waals surface area contributed by atoms with Crippen LogP contribution in [0.25, 0.3) is 0 Å². The highest BCUT2D eigenvalue weighted by atomic mass is 16.7. The summed E-state index contributed by atoms with van der Waals surface area (Å²) in [5.74, 6) is -0.912. The third-order valence-corrected chi connectivity index (χ3v) is 5.79. The van der Waals surface area contributed by atoms with Crippen molar-refractivity contribution in [1.29, 1.82) is 0 Å². The summed E-state index contributed by atoms with van der Waals surface area (Å²) in [5.41, 5.74) is 1.97. The van der Waals surface area contributed by atoms with E-state index in [0.29, 0.717) is 26.1 Å². The van der Waals surface area contributed by atoms with Gasteiger partial charge in [-0.1, -0.05) is 60.7 Å². The predicted octanol–water partition coefficient (Wildman–Crippen LogP) is 3.12. The van der Waals surface area contributed by atoms with Crippen LogP contribution in [0.4, 0.5) is 0 Å². The number of ether oxygens (including phenoxy) is 1. The van der Waals surface area contributed by atoms with Crippen molar-refractivity contribution in [2.45, 2.75) is 32.1 Å². The average Bonchev–Trinajstić information content (AvgIpc) is 3.37. The van der Waals surface area contributed by atoms with E-state index in [9.17, 15) is 19.7 Å². The second-order valence-corrected chi connectivity index (χ2v) is 8.30. The lowest BCUT2D eigenvalue weighted by atomic mass is 10.1. The summed E-state index contributed by atoms with van der Waals surface area (Å²) in [4.78, 5) is 40.0. The monoisotopic (exact) mass is 466 g/mol. The molecular weight excluding hydrogens is 436 g/mol. The second kappa shape index (κ2) is 12.6. The van der Waals surface area contributed by atoms with Gasteiger partial charge in [0.2, 0.25) is 11.8 Å². The van der Waals surface area contributed by atoms with E-state index in [1.54, 1.807) is 0 Å². The summed E-state index contributed by atoms with van der Waals surface area (Å²) < 4.78 is 5.43. The molecule has 2 aromatic rings. The lowest BCUT2D eigenvalue weighted by molar-refractivity contribution is -0.486. The molecule has 34 heavy (non-hydrogen) atoms. The van der Waals surface area contributed by atoms with Crippen molar-refractivity contribution >= 4 is 17.8 Å². The minimum Gasteiger partial charge on any atom is -0.381 e. The van der Waals surface area contributed by atoms with E-state index >= 15 is 0 Å². The van der Waals surface area contributed by atoms with E-state index in [1.165, 1.54) is 11.9 Å². The van der Waals surface area contributed by atoms with Gasteiger partial charge in [0.1, 0.15) is 5.10 Å². The SMILES string of the molecule is CN(C(=O)CCc1ccccc1)C(=N[N+](=O)[O-])N(CC1CCOC1)C(=O)CCc1ccccc1. The molecule has 0 N–H and O–H groups in total. The molecule has 2 aromatic carbocycles. The molecule has 1 aliphatic rings. The molecule has 2 amide bonds. The van der Waals surface area contributed by atoms with Crippen LogP contribution in [0.1, 0.15) is 30.4 Å². The maximum absolute atomic E-state index is 13.3. The molecule has 1 atom stereocenters. The van der Waals surface area contributed by atoms with E-state index in [4.69, 9.17) is 4.74 Å². The maximum atomic E-state index is 13.3. The normalized spacial score (nSPS) is 15.7. The minimum absolute atomic E-state index is 0.0189. The third kappa shape index (κ3) is 7.48. The molecule has 0 radical (unpaired) electrons. The Labute approximate surface area is 199 Å². The number of benzene rings is 2. The lowest BCUT2D eigenvalue weighted by Gasteiger charge is -2.29. The molecule has 1 heterocycles. The fourth-order valence-electron chi connectivity index (χ4n) is 3.86. The van der Waals surface area contributed by atoms with Crippen LogP contribution in [0.3, 0.4) is 0 Å². The molecule has 1 saturated heterocycles. The Kier molecular flexibility index (Phi) is 9.28. The van der Waals surface area contributed by atoms with Gasteiger partial charge in [0, 0.05) is 39.0 Å². The maximum Gasteiger partial charge on any atom is 0.287 e. The largest absolute Gasteiger partial charge is 0.381 e. The fraction of sp³-hybridized carbons (Fsp3) is 0.400. The smallest absolute Gasteiger partial charge is 0.287 e. The fourth-order valence-corrected chi connectivity index (χ4v) is 3.86. The molecular formula is C25H30N4O5. The summed E-state index contributed by atoms with van der Waals surface area (Å²) in [6.07, 6.45) is 1.97. The summed E-state index contributed by atoms with van der Waals surface area (Å²) >= 11 is 0. The number of rotatable bonds is 9. The van der Waals surface area contributed by atoms with E-state index in [2.05, 4.69) is 5.10 Å². The molecule has 0 aromatic heterocycles. The van der Waals surface area contributed by atoms with Gasteiger partial charge in [-0.3, -0.25) is 19.4 Å². The Bertz CT molecular complexity index is 991. The molecule has 3 rings (SSSR count). The van der Waals surface area contributed by atoms with Crippen molar-refractivity contribution < 1.29 is 19.4 Å². The number of nitrogens with zero attached hydrogens (tertiary/aromatic N) is 4. The Balaban J connectivity index is 1.77. The van der Waals surface area contributed by atoms with Crippen molar-refractivity contribution in [3.63, 3.8) is 0 Å². The Morgan fingerprint density at radius 1 is 1.00 bits per heavy atom. The zero-order chi connectivity index (χ0) is 24.3. The quantitative estimate of drug-likeness (QED) is 0.244. The van der Waals surface area contributed by atoms with E-state index in [-0.39, 0.29) is 43.1 Å². The molecule has 180 valence electrons. The van der Waals surface area contributed by atoms with Crippen LogP contribution in [-0.4, -0.2) is 59.4 Å². The molecule has 9 nitrogen and oxygen atoms in total. The van der Waals surface area contributed by atoms with Crippen LogP contribution in [0, 0.1) is 16.0 Å². The van der Waals surface area contributed by atoms with Gasteiger partial charge >= 0.3 is 0 Å². The van der Waals surface area contributed by atoms with Crippen molar-refractivity contribution in [2.75, 3.05) is 26.8 Å². The number of guanidine groups is 1. The molecule has 0 spiro atoms. The van der Waals surface area contributed by atoms with Crippen LogP contribution >= 0.6 is 0 Å². The number of carbonyl (C=O) groups is 2. The first-order chi connectivity index (χ1) is 16.4. The highest BCUT2D eigenvalue weighted by Gasteiger charge is 2.32. The zero-order valence-corrected chi connectivity index (χ0v) is 19.3. The number of aryl methyl sites for hydroxylation is 2. The molecule has 1 fully saturated rings. The Hall–Kier alpha value is -3.59. The van der Waals surface area contributed by atoms with E-state index in [1.807, 2.05) is 60.7 Å². The summed E-state index contributed by atoms with van der Waals surface area (Å²) in [7, 11) is 1.43. The van der Waals surface area contributed by atoms with E-state index < -0.39 is 5.03 Å². The van der Waals surface area contributed by atoms with Crippen LogP contribution in [0.15, 0.2) is 65.8 Å². The number of hydrogen-bond acceptors (Lipinski definition) is 5. The van der Waals surface area contributed by atoms with Gasteiger partial charge in [0.05, 0.1) is 6.61 Å². The van der Waals surface area contributed by atoms with Crippen LogP contribution in [0.2, 0.25) is 0 Å². The number of hydrazone groups is 1. The molecule has 1 aliphatic heterocycles. The van der Waals surface area contributed by atoms with Crippen molar-refractivity contribution in [1.82, 2.24) is 9.80 Å². The zero-order valence-electron chi connectivity index (χ0n) is 19.3. The molecule has 0 aliphatic carbocycles. The predicted molar refractivity (Wildman–Crippen MR) is 127 cm³/mol. The lowest BCUT2D eigenvalue weighted by Crippen LogP contribution is -2.50. The van der Waals surface area contributed by atoms with Crippen molar-refractivity contribution in [3.8, 4) is 0 Å². The summed E-state index contributed by atoms with van der Waals surface area (Å²) in [5, 5.41) is 14.0. The van der Waals surface area contributed by atoms with Gasteiger partial charge in [-0.15, -0.1) is 0 Å². The molecule has 1 unspecified atom stereocenters. The van der Waals surface area contributed by atoms with Gasteiger partial charge in [-0.2, -0.15) is 0 Å².